The van der Waals surface area contributed by atoms with E-state index < -0.39 is 18.1 Å². The fraction of sp³-hybridized carbons (Fsp3) is 0.231. The van der Waals surface area contributed by atoms with Crippen molar-refractivity contribution in [3.05, 3.63) is 235 Å². The molecule has 0 aliphatic carbocycles. The molecule has 0 saturated carbocycles. The molecule has 0 N–H and O–H groups in total. The van der Waals surface area contributed by atoms with E-state index in [9.17, 15) is 2.74 Å². The Bertz CT molecular complexity index is 4760. The molecular formula is C78H73N4O2Pt-3. The average molecular weight is 1300 g/mol. The smallest absolute Gasteiger partial charge is 0.135 e. The van der Waals surface area contributed by atoms with E-state index >= 15 is 0 Å². The van der Waals surface area contributed by atoms with E-state index in [1.54, 1.807) is 0 Å². The van der Waals surface area contributed by atoms with Crippen molar-refractivity contribution in [3.63, 3.8) is 0 Å². The van der Waals surface area contributed by atoms with Gasteiger partial charge in [0.25, 0.3) is 0 Å². The van der Waals surface area contributed by atoms with E-state index in [0.717, 1.165) is 99.9 Å². The molecule has 0 bridgehead atoms. The SMILES string of the molecule is [2H]c1c([2H])c([2H])c(-c2cccc(-c3cc(C(C)(C)C)cc(C(C)(C)C)c3)c2N2[CH-]N(c3[c-]c(Oc4[c-]c5c(cc4)c4c6oc7ccccc7c6ccc4n5-c4cc(C(C)(C)C)ccn4)cc(-c4c(C(C)C)cccc4C(C)C)c3)c3ccccc32)c([2H])c1[2H].[Pt]. The molecule has 12 aromatic rings. The molecule has 430 valence electrons. The number of hydrogen-bond donors (Lipinski definition) is 0. The van der Waals surface area contributed by atoms with Crippen LogP contribution in [0.5, 0.6) is 11.5 Å². The maximum atomic E-state index is 9.45. The molecule has 7 heteroatoms. The fourth-order valence-electron chi connectivity index (χ4n) is 12.1. The molecular weight excluding hydrogens is 1220 g/mol. The quantitative estimate of drug-likeness (QED) is 0.128. The van der Waals surface area contributed by atoms with Gasteiger partial charge in [0, 0.05) is 83.2 Å². The van der Waals surface area contributed by atoms with Gasteiger partial charge in [-0.1, -0.05) is 216 Å². The third-order valence-electron chi connectivity index (χ3n) is 16.6. The Morgan fingerprint density at radius 1 is 0.553 bits per heavy atom. The molecule has 85 heavy (non-hydrogen) atoms. The maximum absolute atomic E-state index is 9.45. The van der Waals surface area contributed by atoms with Crippen molar-refractivity contribution in [3.8, 4) is 50.7 Å². The summed E-state index contributed by atoms with van der Waals surface area (Å²) in [5.74, 6) is 2.07. The van der Waals surface area contributed by atoms with Crippen LogP contribution in [0, 0.1) is 18.8 Å². The molecule has 0 spiro atoms. The van der Waals surface area contributed by atoms with Gasteiger partial charge >= 0.3 is 0 Å². The van der Waals surface area contributed by atoms with Crippen molar-refractivity contribution in [1.29, 1.82) is 0 Å². The Balaban J connectivity index is 0.00000785. The molecule has 0 amide bonds. The van der Waals surface area contributed by atoms with E-state index in [1.807, 2.05) is 61.4 Å². The Hall–Kier alpha value is -8.18. The van der Waals surface area contributed by atoms with Gasteiger partial charge in [0.1, 0.15) is 17.0 Å². The van der Waals surface area contributed by atoms with Crippen LogP contribution in [0.4, 0.5) is 22.7 Å². The molecule has 3 aromatic heterocycles. The summed E-state index contributed by atoms with van der Waals surface area (Å²) in [4.78, 5) is 9.27. The number of anilines is 4. The molecule has 13 rings (SSSR count). The third kappa shape index (κ3) is 10.3. The van der Waals surface area contributed by atoms with Crippen LogP contribution in [-0.2, 0) is 37.3 Å². The van der Waals surface area contributed by atoms with E-state index in [0.29, 0.717) is 28.4 Å². The summed E-state index contributed by atoms with van der Waals surface area (Å²) in [6.45, 7) is 30.9. The fourth-order valence-corrected chi connectivity index (χ4v) is 12.1. The normalized spacial score (nSPS) is 13.8. The standard InChI is InChI=1S/C78H73N4O2.Pt/c1-48(2)59-26-21-27-60(49(3)4)72(59)52-41-56(80-47-81(67-31-19-18-30-66(67)80)74-61(50-23-15-14-16-24-50)28-22-29-62(74)51-39-54(77(8,9)10)43-55(40-51)78(11,12)13)45-58(42-52)83-57-33-34-65-69(46-57)82(71-44-53(37-38-79-71)76(5,6)7)68-36-35-64-63-25-17-20-32-70(63)84-75(64)73(65)68;/h14-44,47-49H,1-13H3;/q-3;/i14D,15D,16D,23D,24D;. The second-order valence-electron chi connectivity index (χ2n) is 26.2. The molecule has 0 fully saturated rings. The summed E-state index contributed by atoms with van der Waals surface area (Å²) in [5.41, 5.74) is 16.1. The van der Waals surface area contributed by atoms with Gasteiger partial charge in [0.2, 0.25) is 0 Å². The van der Waals surface area contributed by atoms with Crippen LogP contribution in [0.3, 0.4) is 0 Å². The summed E-state index contributed by atoms with van der Waals surface area (Å²) >= 11 is 0. The van der Waals surface area contributed by atoms with Gasteiger partial charge in [-0.15, -0.1) is 48.3 Å². The number of hydrogen-bond acceptors (Lipinski definition) is 5. The number of rotatable bonds is 10. The van der Waals surface area contributed by atoms with E-state index in [4.69, 9.17) is 18.3 Å². The second-order valence-corrected chi connectivity index (χ2v) is 26.2. The van der Waals surface area contributed by atoms with Crippen LogP contribution in [0.1, 0.15) is 137 Å². The van der Waals surface area contributed by atoms with Crippen molar-refractivity contribution >= 4 is 66.5 Å². The van der Waals surface area contributed by atoms with Crippen molar-refractivity contribution in [2.24, 2.45) is 0 Å². The van der Waals surface area contributed by atoms with Crippen LogP contribution in [-0.4, -0.2) is 9.55 Å². The predicted molar refractivity (Wildman–Crippen MR) is 352 cm³/mol. The first kappa shape index (κ1) is 51.3. The van der Waals surface area contributed by atoms with Gasteiger partial charge in [-0.3, -0.25) is 0 Å². The van der Waals surface area contributed by atoms with Gasteiger partial charge in [-0.05, 0) is 120 Å². The summed E-state index contributed by atoms with van der Waals surface area (Å²) in [7, 11) is 0. The molecule has 9 aromatic carbocycles. The minimum Gasteiger partial charge on any atom is -0.509 e. The molecule has 0 saturated heterocycles. The van der Waals surface area contributed by atoms with Crippen molar-refractivity contribution in [1.82, 2.24) is 9.55 Å². The molecule has 1 aliphatic rings. The minimum absolute atomic E-state index is 0. The topological polar surface area (TPSA) is 46.7 Å². The first-order valence-electron chi connectivity index (χ1n) is 31.8. The minimum atomic E-state index is -0.446. The van der Waals surface area contributed by atoms with E-state index in [2.05, 4.69) is 220 Å². The Labute approximate surface area is 523 Å². The summed E-state index contributed by atoms with van der Waals surface area (Å²) in [6.07, 6.45) is 1.88. The second kappa shape index (κ2) is 21.7. The van der Waals surface area contributed by atoms with Crippen molar-refractivity contribution < 1.29 is 37.1 Å². The van der Waals surface area contributed by atoms with Crippen LogP contribution < -0.4 is 14.5 Å². The zero-order valence-corrected chi connectivity index (χ0v) is 52.9. The van der Waals surface area contributed by atoms with Crippen LogP contribution in [0.15, 0.2) is 192 Å². The summed E-state index contributed by atoms with van der Waals surface area (Å²) in [6, 6.07) is 58.3. The molecule has 0 unspecified atom stereocenters. The summed E-state index contributed by atoms with van der Waals surface area (Å²) in [5, 5.41) is 3.98. The van der Waals surface area contributed by atoms with Crippen LogP contribution in [0.25, 0.3) is 82.9 Å². The van der Waals surface area contributed by atoms with Gasteiger partial charge < -0.3 is 23.5 Å². The van der Waals surface area contributed by atoms with Gasteiger partial charge in [0.15, 0.2) is 0 Å². The monoisotopic (exact) mass is 1300 g/mol. The van der Waals surface area contributed by atoms with Crippen LogP contribution >= 0.6 is 0 Å². The molecule has 0 radical (unpaired) electrons. The number of fused-ring (bicyclic) bond motifs is 8. The average Bonchev–Trinajstić information content (AvgIpc) is 1.53. The van der Waals surface area contributed by atoms with Crippen molar-refractivity contribution in [2.75, 3.05) is 9.80 Å². The molecule has 0 atom stereocenters. The Kier molecular flexibility index (Phi) is 13.1. The zero-order valence-electron chi connectivity index (χ0n) is 55.7. The van der Waals surface area contributed by atoms with Gasteiger partial charge in [0.05, 0.1) is 6.85 Å². The first-order chi connectivity index (χ1) is 42.3. The first-order valence-corrected chi connectivity index (χ1v) is 29.3. The maximum Gasteiger partial charge on any atom is 0.135 e. The number of para-hydroxylation sites is 4. The largest absolute Gasteiger partial charge is 0.509 e. The van der Waals surface area contributed by atoms with Gasteiger partial charge in [-0.2, -0.15) is 6.07 Å². The molecule has 4 heterocycles. The van der Waals surface area contributed by atoms with E-state index in [-0.39, 0.29) is 66.8 Å². The molecule has 6 nitrogen and oxygen atoms in total. The summed E-state index contributed by atoms with van der Waals surface area (Å²) < 4.78 is 61.6. The number of nitrogens with zero attached hydrogens (tertiary/aromatic N) is 4. The van der Waals surface area contributed by atoms with E-state index in [1.165, 1.54) is 11.1 Å². The Morgan fingerprint density at radius 3 is 1.85 bits per heavy atom. The number of benzene rings is 9. The molecule has 1 aliphatic heterocycles. The van der Waals surface area contributed by atoms with Crippen molar-refractivity contribution in [2.45, 2.75) is 118 Å². The Morgan fingerprint density at radius 2 is 1.18 bits per heavy atom. The van der Waals surface area contributed by atoms with Crippen LogP contribution in [0.2, 0.25) is 0 Å². The van der Waals surface area contributed by atoms with Gasteiger partial charge in [-0.25, -0.2) is 4.98 Å². The number of aromatic nitrogens is 2. The number of pyridine rings is 1. The third-order valence-corrected chi connectivity index (χ3v) is 16.6. The number of ether oxygens (including phenoxy) is 1. The number of furan rings is 1. The zero-order chi connectivity index (χ0) is 62.9. The predicted octanol–water partition coefficient (Wildman–Crippen LogP) is 22.0.